The largest absolute Gasteiger partial charge is 0.467 e. The molecule has 1 fully saturated rings. The molecule has 0 aliphatic heterocycles. The van der Waals surface area contributed by atoms with Gasteiger partial charge < -0.3 is 13.7 Å². The molecule has 1 saturated carbocycles. The van der Waals surface area contributed by atoms with E-state index in [-0.39, 0.29) is 23.9 Å². The highest BCUT2D eigenvalue weighted by atomic mass is 16.3. The van der Waals surface area contributed by atoms with Crippen molar-refractivity contribution in [3.8, 4) is 0 Å². The minimum atomic E-state index is -0.0439. The summed E-state index contributed by atoms with van der Waals surface area (Å²) in [6.45, 7) is 0.709. The van der Waals surface area contributed by atoms with Crippen LogP contribution in [-0.4, -0.2) is 20.4 Å². The van der Waals surface area contributed by atoms with E-state index < -0.39 is 0 Å². The maximum Gasteiger partial charge on any atom is 0.261 e. The summed E-state index contributed by atoms with van der Waals surface area (Å²) in [5, 5.41) is 0.627. The third kappa shape index (κ3) is 4.17. The molecular formula is C24H23N3O4. The van der Waals surface area contributed by atoms with E-state index in [1.165, 1.54) is 0 Å². The van der Waals surface area contributed by atoms with Crippen LogP contribution in [0.1, 0.15) is 42.6 Å². The highest BCUT2D eigenvalue weighted by Crippen LogP contribution is 2.35. The van der Waals surface area contributed by atoms with Crippen molar-refractivity contribution in [2.75, 3.05) is 0 Å². The van der Waals surface area contributed by atoms with E-state index in [1.807, 2.05) is 36.4 Å². The normalized spacial score (nSPS) is 13.5. The first kappa shape index (κ1) is 19.4. The number of fused-ring (bicyclic) bond motifs is 1. The Balaban J connectivity index is 1.38. The van der Waals surface area contributed by atoms with Gasteiger partial charge in [-0.25, -0.2) is 4.98 Å². The first-order chi connectivity index (χ1) is 15.2. The summed E-state index contributed by atoms with van der Waals surface area (Å²) in [7, 11) is 0. The molecule has 1 aliphatic rings. The molecule has 1 aromatic carbocycles. The number of carbonyl (C=O) groups is 1. The average molecular weight is 417 g/mol. The van der Waals surface area contributed by atoms with Gasteiger partial charge in [0, 0.05) is 18.9 Å². The van der Waals surface area contributed by atoms with Crippen molar-refractivity contribution in [1.29, 1.82) is 0 Å². The van der Waals surface area contributed by atoms with Crippen molar-refractivity contribution >= 4 is 16.8 Å². The van der Waals surface area contributed by atoms with Crippen LogP contribution in [0.4, 0.5) is 0 Å². The van der Waals surface area contributed by atoms with Crippen LogP contribution in [0.2, 0.25) is 0 Å². The maximum absolute atomic E-state index is 13.1. The monoisotopic (exact) mass is 417 g/mol. The summed E-state index contributed by atoms with van der Waals surface area (Å²) in [5.74, 6) is 2.05. The van der Waals surface area contributed by atoms with Crippen molar-refractivity contribution in [1.82, 2.24) is 14.5 Å². The molecule has 3 heterocycles. The van der Waals surface area contributed by atoms with Crippen LogP contribution in [0.3, 0.4) is 0 Å². The fraction of sp³-hybridized carbons (Fsp3) is 0.292. The molecule has 0 radical (unpaired) electrons. The van der Waals surface area contributed by atoms with E-state index in [0.29, 0.717) is 47.8 Å². The first-order valence-corrected chi connectivity index (χ1v) is 10.5. The predicted octanol–water partition coefficient (Wildman–Crippen LogP) is 4.08. The molecule has 0 saturated heterocycles. The molecular weight excluding hydrogens is 394 g/mol. The summed E-state index contributed by atoms with van der Waals surface area (Å²) in [6.07, 6.45) is 5.80. The number of aryl methyl sites for hydroxylation is 1. The van der Waals surface area contributed by atoms with Gasteiger partial charge in [-0.1, -0.05) is 12.1 Å². The van der Waals surface area contributed by atoms with E-state index in [2.05, 4.69) is 0 Å². The highest BCUT2D eigenvalue weighted by Gasteiger charge is 2.28. The lowest BCUT2D eigenvalue weighted by atomic mass is 10.2. The van der Waals surface area contributed by atoms with Crippen LogP contribution in [0.15, 0.2) is 74.7 Å². The lowest BCUT2D eigenvalue weighted by Gasteiger charge is -2.21. The number of benzene rings is 1. The van der Waals surface area contributed by atoms with Gasteiger partial charge in [0.25, 0.3) is 5.56 Å². The Bertz CT molecular complexity index is 1200. The molecule has 4 aromatic rings. The molecule has 1 amide bonds. The van der Waals surface area contributed by atoms with Crippen molar-refractivity contribution < 1.29 is 13.6 Å². The molecule has 0 unspecified atom stereocenters. The number of amides is 1. The second-order valence-corrected chi connectivity index (χ2v) is 7.86. The Hall–Kier alpha value is -3.61. The topological polar surface area (TPSA) is 81.5 Å². The molecule has 7 nitrogen and oxygen atoms in total. The molecule has 5 rings (SSSR count). The molecule has 0 spiro atoms. The number of furan rings is 2. The van der Waals surface area contributed by atoms with Gasteiger partial charge in [0.15, 0.2) is 0 Å². The molecule has 158 valence electrons. The zero-order valence-electron chi connectivity index (χ0n) is 17.1. The van der Waals surface area contributed by atoms with Crippen LogP contribution < -0.4 is 5.56 Å². The number of hydrogen-bond acceptors (Lipinski definition) is 5. The van der Waals surface area contributed by atoms with Crippen molar-refractivity contribution in [3.63, 3.8) is 0 Å². The second-order valence-electron chi connectivity index (χ2n) is 7.86. The van der Waals surface area contributed by atoms with E-state index in [4.69, 9.17) is 13.8 Å². The van der Waals surface area contributed by atoms with E-state index in [9.17, 15) is 9.59 Å². The standard InChI is InChI=1S/C24H23N3O4/c28-23(26(15-18-5-3-13-30-18)16-19-6-4-14-31-19)12-11-22-25-21-8-2-1-7-20(21)24(29)27(22)17-9-10-17/h1-8,13-14,17H,9-12,15-16H2. The van der Waals surface area contributed by atoms with Gasteiger partial charge in [-0.15, -0.1) is 0 Å². The summed E-state index contributed by atoms with van der Waals surface area (Å²) in [6, 6.07) is 14.9. The first-order valence-electron chi connectivity index (χ1n) is 10.5. The van der Waals surface area contributed by atoms with E-state index >= 15 is 0 Å². The quantitative estimate of drug-likeness (QED) is 0.431. The lowest BCUT2D eigenvalue weighted by molar-refractivity contribution is -0.133. The van der Waals surface area contributed by atoms with Gasteiger partial charge in [-0.3, -0.25) is 14.2 Å². The fourth-order valence-electron chi connectivity index (χ4n) is 3.87. The zero-order chi connectivity index (χ0) is 21.2. The molecule has 3 aromatic heterocycles. The molecule has 1 aliphatic carbocycles. The van der Waals surface area contributed by atoms with Crippen LogP contribution in [0.25, 0.3) is 10.9 Å². The Morgan fingerprint density at radius 2 is 1.68 bits per heavy atom. The Morgan fingerprint density at radius 3 is 2.29 bits per heavy atom. The van der Waals surface area contributed by atoms with Crippen molar-refractivity contribution in [3.05, 3.63) is 88.8 Å². The highest BCUT2D eigenvalue weighted by molar-refractivity contribution is 5.78. The Kier molecular flexibility index (Phi) is 5.16. The summed E-state index contributed by atoms with van der Waals surface area (Å²) < 4.78 is 12.7. The van der Waals surface area contributed by atoms with Crippen molar-refractivity contribution in [2.45, 2.75) is 44.8 Å². The van der Waals surface area contributed by atoms with Crippen LogP contribution in [-0.2, 0) is 24.3 Å². The molecule has 0 atom stereocenters. The third-order valence-electron chi connectivity index (χ3n) is 5.56. The minimum Gasteiger partial charge on any atom is -0.467 e. The van der Waals surface area contributed by atoms with Crippen LogP contribution in [0, 0.1) is 0 Å². The molecule has 31 heavy (non-hydrogen) atoms. The summed E-state index contributed by atoms with van der Waals surface area (Å²) in [5.41, 5.74) is 0.661. The third-order valence-corrected chi connectivity index (χ3v) is 5.56. The second kappa shape index (κ2) is 8.26. The van der Waals surface area contributed by atoms with E-state index in [1.54, 1.807) is 34.1 Å². The van der Waals surface area contributed by atoms with Gasteiger partial charge in [-0.05, 0) is 49.2 Å². The average Bonchev–Trinajstić information content (AvgIpc) is 3.23. The molecule has 7 heteroatoms. The Labute approximate surface area is 178 Å². The predicted molar refractivity (Wildman–Crippen MR) is 114 cm³/mol. The number of aromatic nitrogens is 2. The summed E-state index contributed by atoms with van der Waals surface area (Å²) in [4.78, 5) is 32.6. The number of hydrogen-bond donors (Lipinski definition) is 0. The number of carbonyl (C=O) groups excluding carboxylic acids is 1. The zero-order valence-corrected chi connectivity index (χ0v) is 17.1. The summed E-state index contributed by atoms with van der Waals surface area (Å²) >= 11 is 0. The number of rotatable bonds is 8. The minimum absolute atomic E-state index is 0.0152. The van der Waals surface area contributed by atoms with Gasteiger partial charge in [0.05, 0.1) is 36.5 Å². The van der Waals surface area contributed by atoms with Gasteiger partial charge >= 0.3 is 0 Å². The number of para-hydroxylation sites is 1. The van der Waals surface area contributed by atoms with Crippen LogP contribution in [0.5, 0.6) is 0 Å². The van der Waals surface area contributed by atoms with Gasteiger partial charge in [0.1, 0.15) is 17.3 Å². The fourth-order valence-corrected chi connectivity index (χ4v) is 3.87. The van der Waals surface area contributed by atoms with E-state index in [0.717, 1.165) is 12.8 Å². The van der Waals surface area contributed by atoms with Crippen molar-refractivity contribution in [2.24, 2.45) is 0 Å². The lowest BCUT2D eigenvalue weighted by Crippen LogP contribution is -2.31. The van der Waals surface area contributed by atoms with Gasteiger partial charge in [0.2, 0.25) is 5.91 Å². The maximum atomic E-state index is 13.1. The SMILES string of the molecule is O=C(CCc1nc2ccccc2c(=O)n1C1CC1)N(Cc1ccco1)Cc1ccco1. The van der Waals surface area contributed by atoms with Crippen LogP contribution >= 0.6 is 0 Å². The van der Waals surface area contributed by atoms with Gasteiger partial charge in [-0.2, -0.15) is 0 Å². The number of nitrogens with zero attached hydrogens (tertiary/aromatic N) is 3. The molecule has 0 bridgehead atoms. The molecule has 0 N–H and O–H groups in total. The Morgan fingerprint density at radius 1 is 1.00 bits per heavy atom. The smallest absolute Gasteiger partial charge is 0.261 e.